The summed E-state index contributed by atoms with van der Waals surface area (Å²) in [5.41, 5.74) is 2.62. The van der Waals surface area contributed by atoms with E-state index in [1.807, 2.05) is 30.5 Å². The van der Waals surface area contributed by atoms with Crippen LogP contribution in [0.2, 0.25) is 0 Å². The summed E-state index contributed by atoms with van der Waals surface area (Å²) in [4.78, 5) is 20.8. The van der Waals surface area contributed by atoms with E-state index in [9.17, 15) is 23.1 Å². The molecule has 1 atom stereocenters. The Hall–Kier alpha value is -3.14. The number of carbonyl (C=O) groups excluding carboxylic acids is 1. The van der Waals surface area contributed by atoms with Crippen LogP contribution >= 0.6 is 15.9 Å². The highest BCUT2D eigenvalue weighted by atomic mass is 79.9. The zero-order chi connectivity index (χ0) is 28.3. The molecular formula is C31H30BrF3N2O3. The van der Waals surface area contributed by atoms with Gasteiger partial charge in [0, 0.05) is 16.1 Å². The van der Waals surface area contributed by atoms with Crippen molar-refractivity contribution in [2.45, 2.75) is 43.9 Å². The molecule has 1 aliphatic heterocycles. The number of fused-ring (bicyclic) bond motifs is 1. The standard InChI is InChI=1S/C31H30BrF3N2O3/c32-25-12-13-28-26(19-25)27(20-37(28)40-30(39)29(38)23-6-2-1-3-7-23)22-14-17-36(18-15-22)16-4-5-21-8-10-24(11-9-21)31(33,34)35/h1-3,6-13,19-20,22,29,38H,4-5,14-18H2. The molecule has 0 spiro atoms. The van der Waals surface area contributed by atoms with Gasteiger partial charge in [0.2, 0.25) is 0 Å². The number of aliphatic hydroxyl groups excluding tert-OH is 1. The second-order valence-corrected chi connectivity index (χ2v) is 11.1. The molecule has 1 N–H and O–H groups in total. The number of alkyl halides is 3. The minimum atomic E-state index is -4.31. The fourth-order valence-electron chi connectivity index (χ4n) is 5.35. The van der Waals surface area contributed by atoms with Crippen LogP contribution in [0.5, 0.6) is 0 Å². The molecule has 40 heavy (non-hydrogen) atoms. The molecule has 3 aromatic carbocycles. The monoisotopic (exact) mass is 614 g/mol. The molecule has 5 rings (SSSR count). The average molecular weight is 615 g/mol. The number of piperidine rings is 1. The van der Waals surface area contributed by atoms with Gasteiger partial charge in [0.15, 0.2) is 6.10 Å². The summed E-state index contributed by atoms with van der Waals surface area (Å²) >= 11 is 3.55. The van der Waals surface area contributed by atoms with Gasteiger partial charge in [-0.1, -0.05) is 58.4 Å². The van der Waals surface area contributed by atoms with Crippen molar-refractivity contribution in [1.29, 1.82) is 0 Å². The maximum absolute atomic E-state index is 12.8. The van der Waals surface area contributed by atoms with Crippen LogP contribution in [-0.2, 0) is 17.4 Å². The van der Waals surface area contributed by atoms with Gasteiger partial charge < -0.3 is 14.8 Å². The number of nitrogens with zero attached hydrogens (tertiary/aromatic N) is 2. The van der Waals surface area contributed by atoms with Gasteiger partial charge in [-0.3, -0.25) is 0 Å². The van der Waals surface area contributed by atoms with E-state index in [4.69, 9.17) is 4.84 Å². The lowest BCUT2D eigenvalue weighted by atomic mass is 9.89. The van der Waals surface area contributed by atoms with E-state index < -0.39 is 23.8 Å². The molecule has 0 amide bonds. The number of aliphatic hydroxyl groups is 1. The van der Waals surface area contributed by atoms with Crippen LogP contribution < -0.4 is 4.84 Å². The van der Waals surface area contributed by atoms with E-state index in [1.54, 1.807) is 36.4 Å². The zero-order valence-corrected chi connectivity index (χ0v) is 23.4. The van der Waals surface area contributed by atoms with Gasteiger partial charge in [0.25, 0.3) is 0 Å². The van der Waals surface area contributed by atoms with Gasteiger partial charge >= 0.3 is 12.1 Å². The van der Waals surface area contributed by atoms with Crippen molar-refractivity contribution in [2.75, 3.05) is 19.6 Å². The maximum Gasteiger partial charge on any atom is 0.416 e. The molecule has 5 nitrogen and oxygen atoms in total. The van der Waals surface area contributed by atoms with Gasteiger partial charge in [-0.25, -0.2) is 4.79 Å². The number of aromatic nitrogens is 1. The van der Waals surface area contributed by atoms with E-state index in [0.29, 0.717) is 5.56 Å². The number of benzene rings is 3. The smallest absolute Gasteiger partial charge is 0.377 e. The van der Waals surface area contributed by atoms with E-state index in [2.05, 4.69) is 20.8 Å². The Bertz CT molecular complexity index is 1450. The van der Waals surface area contributed by atoms with Crippen LogP contribution in [0.3, 0.4) is 0 Å². The van der Waals surface area contributed by atoms with E-state index >= 15 is 0 Å². The van der Waals surface area contributed by atoms with Crippen LogP contribution in [0.1, 0.15) is 53.5 Å². The third-order valence-electron chi connectivity index (χ3n) is 7.54. The van der Waals surface area contributed by atoms with Crippen LogP contribution in [-0.4, -0.2) is 40.3 Å². The van der Waals surface area contributed by atoms with Crippen molar-refractivity contribution >= 4 is 32.8 Å². The first kappa shape index (κ1) is 28.4. The molecule has 9 heteroatoms. The van der Waals surface area contributed by atoms with Crippen LogP contribution in [0.4, 0.5) is 13.2 Å². The number of hydrogen-bond donors (Lipinski definition) is 1. The molecule has 2 heterocycles. The molecular weight excluding hydrogens is 585 g/mol. The minimum Gasteiger partial charge on any atom is -0.377 e. The molecule has 210 valence electrons. The molecule has 0 radical (unpaired) electrons. The lowest BCUT2D eigenvalue weighted by Crippen LogP contribution is -2.33. The predicted molar refractivity (Wildman–Crippen MR) is 151 cm³/mol. The normalized spacial score (nSPS) is 15.8. The Kier molecular flexibility index (Phi) is 8.63. The fourth-order valence-corrected chi connectivity index (χ4v) is 5.71. The number of hydrogen-bond acceptors (Lipinski definition) is 4. The Labute approximate surface area is 239 Å². The lowest BCUT2D eigenvalue weighted by molar-refractivity contribution is -0.153. The SMILES string of the molecule is O=C(On1cc(C2CCN(CCCc3ccc(C(F)(F)F)cc3)CC2)c2cc(Br)ccc21)C(O)c1ccccc1. The Morgan fingerprint density at radius 3 is 2.40 bits per heavy atom. The molecule has 0 bridgehead atoms. The number of aryl methyl sites for hydroxylation is 1. The Morgan fingerprint density at radius 1 is 1.02 bits per heavy atom. The molecule has 1 unspecified atom stereocenters. The highest BCUT2D eigenvalue weighted by molar-refractivity contribution is 9.10. The largest absolute Gasteiger partial charge is 0.416 e. The maximum atomic E-state index is 12.8. The van der Waals surface area contributed by atoms with Crippen molar-refractivity contribution in [2.24, 2.45) is 0 Å². The van der Waals surface area contributed by atoms with Crippen molar-refractivity contribution < 1.29 is 27.9 Å². The first-order valence-electron chi connectivity index (χ1n) is 13.3. The summed E-state index contributed by atoms with van der Waals surface area (Å²) in [7, 11) is 0. The highest BCUT2D eigenvalue weighted by Gasteiger charge is 2.30. The van der Waals surface area contributed by atoms with Crippen molar-refractivity contribution in [3.8, 4) is 0 Å². The van der Waals surface area contributed by atoms with Crippen molar-refractivity contribution in [1.82, 2.24) is 9.63 Å². The van der Waals surface area contributed by atoms with E-state index in [0.717, 1.165) is 84.0 Å². The van der Waals surface area contributed by atoms with Gasteiger partial charge in [0.05, 0.1) is 11.1 Å². The predicted octanol–water partition coefficient (Wildman–Crippen LogP) is 6.92. The lowest BCUT2D eigenvalue weighted by Gasteiger charge is -2.32. The summed E-state index contributed by atoms with van der Waals surface area (Å²) in [6.45, 7) is 2.70. The summed E-state index contributed by atoms with van der Waals surface area (Å²) in [5.74, 6) is -0.470. The second kappa shape index (κ2) is 12.2. The molecule has 0 aliphatic carbocycles. The van der Waals surface area contributed by atoms with Gasteiger partial charge in [0.1, 0.15) is 0 Å². The first-order chi connectivity index (χ1) is 19.2. The molecule has 1 fully saturated rings. The van der Waals surface area contributed by atoms with Gasteiger partial charge in [-0.15, -0.1) is 0 Å². The van der Waals surface area contributed by atoms with Crippen molar-refractivity contribution in [3.63, 3.8) is 0 Å². The van der Waals surface area contributed by atoms with Crippen LogP contribution in [0, 0.1) is 0 Å². The molecule has 1 saturated heterocycles. The number of halogens is 4. The van der Waals surface area contributed by atoms with Crippen LogP contribution in [0.15, 0.2) is 83.5 Å². The zero-order valence-electron chi connectivity index (χ0n) is 21.8. The van der Waals surface area contributed by atoms with Gasteiger partial charge in [-0.2, -0.15) is 17.9 Å². The minimum absolute atomic E-state index is 0.280. The average Bonchev–Trinajstić information content (AvgIpc) is 3.30. The van der Waals surface area contributed by atoms with E-state index in [-0.39, 0.29) is 5.92 Å². The van der Waals surface area contributed by atoms with Crippen LogP contribution in [0.25, 0.3) is 10.9 Å². The van der Waals surface area contributed by atoms with Gasteiger partial charge in [-0.05, 0) is 98.3 Å². The topological polar surface area (TPSA) is 54.7 Å². The quantitative estimate of drug-likeness (QED) is 0.234. The number of likely N-dealkylation sites (tertiary alicyclic amines) is 1. The molecule has 0 saturated carbocycles. The van der Waals surface area contributed by atoms with E-state index in [1.165, 1.54) is 4.73 Å². The molecule has 1 aromatic heterocycles. The Morgan fingerprint density at radius 2 is 1.73 bits per heavy atom. The summed E-state index contributed by atoms with van der Waals surface area (Å²) in [6, 6.07) is 19.9. The summed E-state index contributed by atoms with van der Waals surface area (Å²) < 4.78 is 40.7. The van der Waals surface area contributed by atoms with Crippen molar-refractivity contribution in [3.05, 3.63) is 106 Å². The molecule has 1 aliphatic rings. The summed E-state index contributed by atoms with van der Waals surface area (Å²) in [6.07, 6.45) is -0.349. The fraction of sp³-hybridized carbons (Fsp3) is 0.323. The number of carbonyl (C=O) groups is 1. The first-order valence-corrected chi connectivity index (χ1v) is 14.1. The summed E-state index contributed by atoms with van der Waals surface area (Å²) in [5, 5.41) is 11.5. The number of rotatable bonds is 8. The second-order valence-electron chi connectivity index (χ2n) is 10.2. The highest BCUT2D eigenvalue weighted by Crippen LogP contribution is 2.36. The third-order valence-corrected chi connectivity index (χ3v) is 8.03. The molecule has 4 aromatic rings. The third kappa shape index (κ3) is 6.59. The Balaban J connectivity index is 1.20.